The van der Waals surface area contributed by atoms with E-state index in [2.05, 4.69) is 42.6 Å². The van der Waals surface area contributed by atoms with Crippen LogP contribution in [0.2, 0.25) is 0 Å². The van der Waals surface area contributed by atoms with E-state index >= 15 is 0 Å². The van der Waals surface area contributed by atoms with Crippen molar-refractivity contribution in [2.75, 3.05) is 26.4 Å². The number of hydroxylamine groups is 1. The average molecular weight is 447 g/mol. The van der Waals surface area contributed by atoms with E-state index in [9.17, 15) is 18.0 Å². The molecule has 0 saturated carbocycles. The number of amides is 2. The maximum atomic E-state index is 12.7. The molecule has 1 aromatic heterocycles. The molecule has 1 unspecified atom stereocenters. The third kappa shape index (κ3) is 4.33. The van der Waals surface area contributed by atoms with Crippen LogP contribution < -0.4 is 5.48 Å². The highest BCUT2D eigenvalue weighted by Gasteiger charge is 2.44. The largest absolute Gasteiger partial charge is 0.328 e. The van der Waals surface area contributed by atoms with Gasteiger partial charge in [-0.15, -0.1) is 0 Å². The van der Waals surface area contributed by atoms with Gasteiger partial charge in [0.25, 0.3) is 5.91 Å². The number of rotatable bonds is 5. The third-order valence-corrected chi connectivity index (χ3v) is 8.30. The van der Waals surface area contributed by atoms with Crippen molar-refractivity contribution in [1.29, 1.82) is 0 Å². The number of aromatic nitrogens is 1. The summed E-state index contributed by atoms with van der Waals surface area (Å²) in [6, 6.07) is 1.91. The van der Waals surface area contributed by atoms with E-state index in [0.717, 1.165) is 18.5 Å². The van der Waals surface area contributed by atoms with Gasteiger partial charge in [-0.3, -0.25) is 14.6 Å². The monoisotopic (exact) mass is 446 g/mol. The van der Waals surface area contributed by atoms with Crippen LogP contribution in [0.3, 0.4) is 0 Å². The Morgan fingerprint density at radius 2 is 2.10 bits per heavy atom. The van der Waals surface area contributed by atoms with Gasteiger partial charge in [0.05, 0.1) is 6.54 Å². The van der Waals surface area contributed by atoms with E-state index in [4.69, 9.17) is 5.21 Å². The molecule has 1 fully saturated rings. The second-order valence-corrected chi connectivity index (χ2v) is 10.7. The molecule has 2 N–H and O–H groups in total. The lowest BCUT2D eigenvalue weighted by Crippen LogP contribution is -2.51. The zero-order valence-electron chi connectivity index (χ0n) is 18.0. The number of hydrogen-bond acceptors (Lipinski definition) is 6. The first-order chi connectivity index (χ1) is 14.5. The summed E-state index contributed by atoms with van der Waals surface area (Å²) in [6.07, 6.45) is 2.41. The van der Waals surface area contributed by atoms with Gasteiger partial charge >= 0.3 is 6.03 Å². The van der Waals surface area contributed by atoms with Crippen LogP contribution in [-0.2, 0) is 21.2 Å². The van der Waals surface area contributed by atoms with Crippen molar-refractivity contribution in [3.05, 3.63) is 23.5 Å². The predicted molar refractivity (Wildman–Crippen MR) is 114 cm³/mol. The Bertz CT molecular complexity index is 1130. The summed E-state index contributed by atoms with van der Waals surface area (Å²) >= 11 is 0. The normalized spacial score (nSPS) is 22.4. The highest BCUT2D eigenvalue weighted by atomic mass is 32.2. The van der Waals surface area contributed by atoms with E-state index < -0.39 is 20.5 Å². The molecule has 0 aliphatic carbocycles. The van der Waals surface area contributed by atoms with E-state index in [1.807, 2.05) is 0 Å². The van der Waals surface area contributed by atoms with Crippen LogP contribution in [0, 0.1) is 29.6 Å². The van der Waals surface area contributed by atoms with Crippen molar-refractivity contribution in [2.24, 2.45) is 5.92 Å². The number of likely N-dealkylation sites (tertiary alicyclic amines) is 1. The Hall–Kier alpha value is -2.79. The van der Waals surface area contributed by atoms with Crippen molar-refractivity contribution in [2.45, 2.75) is 37.6 Å². The van der Waals surface area contributed by atoms with E-state index in [-0.39, 0.29) is 25.5 Å². The first-order valence-electron chi connectivity index (χ1n) is 9.84. The molecule has 0 spiro atoms. The molecule has 3 rings (SSSR count). The first kappa shape index (κ1) is 22.9. The fraction of sp³-hybridized carbons (Fsp3) is 0.524. The highest BCUT2D eigenvalue weighted by molar-refractivity contribution is 7.92. The Labute approximate surface area is 182 Å². The molecule has 1 aromatic rings. The molecule has 2 aliphatic rings. The molecular weight excluding hydrogens is 420 g/mol. The van der Waals surface area contributed by atoms with Crippen molar-refractivity contribution >= 4 is 21.8 Å². The van der Waals surface area contributed by atoms with Crippen LogP contribution in [0.1, 0.15) is 31.5 Å². The summed E-state index contributed by atoms with van der Waals surface area (Å²) in [5.74, 6) is 11.1. The minimum absolute atomic E-state index is 0.0397. The molecule has 3 atom stereocenters. The minimum atomic E-state index is -3.82. The zero-order valence-corrected chi connectivity index (χ0v) is 18.8. The number of sulfone groups is 1. The van der Waals surface area contributed by atoms with E-state index in [0.29, 0.717) is 17.5 Å². The molecule has 1 saturated heterocycles. The predicted octanol–water partition coefficient (Wildman–Crippen LogP) is 0.276. The van der Waals surface area contributed by atoms with Crippen LogP contribution in [0.5, 0.6) is 0 Å². The van der Waals surface area contributed by atoms with Gasteiger partial charge in [0.2, 0.25) is 0 Å². The molecule has 10 heteroatoms. The molecule has 0 bridgehead atoms. The summed E-state index contributed by atoms with van der Waals surface area (Å²) in [7, 11) is -1.76. The van der Waals surface area contributed by atoms with Crippen LogP contribution >= 0.6 is 0 Å². The fourth-order valence-corrected chi connectivity index (χ4v) is 4.44. The molecule has 0 aromatic carbocycles. The topological polar surface area (TPSA) is 112 Å². The van der Waals surface area contributed by atoms with Crippen molar-refractivity contribution in [3.8, 4) is 23.7 Å². The van der Waals surface area contributed by atoms with Crippen molar-refractivity contribution in [3.63, 3.8) is 0 Å². The summed E-state index contributed by atoms with van der Waals surface area (Å²) in [5.41, 5.74) is 2.81. The van der Waals surface area contributed by atoms with Gasteiger partial charge in [0.1, 0.15) is 0 Å². The molecule has 166 valence electrons. The van der Waals surface area contributed by atoms with E-state index in [1.54, 1.807) is 12.3 Å². The maximum absolute atomic E-state index is 12.7. The maximum Gasteiger partial charge on any atom is 0.328 e. The minimum Gasteiger partial charge on any atom is -0.318 e. The molecule has 0 radical (unpaired) electrons. The van der Waals surface area contributed by atoms with Crippen LogP contribution in [0.25, 0.3) is 0 Å². The fourth-order valence-electron chi connectivity index (χ4n) is 3.60. The van der Waals surface area contributed by atoms with Gasteiger partial charge in [-0.25, -0.2) is 18.7 Å². The lowest BCUT2D eigenvalue weighted by molar-refractivity contribution is -0.131. The molecule has 31 heavy (non-hydrogen) atoms. The van der Waals surface area contributed by atoms with Crippen LogP contribution in [0.15, 0.2) is 12.3 Å². The van der Waals surface area contributed by atoms with Crippen molar-refractivity contribution < 1.29 is 23.2 Å². The van der Waals surface area contributed by atoms with Gasteiger partial charge in [-0.05, 0) is 45.2 Å². The number of nitrogens with one attached hydrogen (secondary N) is 1. The van der Waals surface area contributed by atoms with E-state index in [1.165, 1.54) is 21.9 Å². The van der Waals surface area contributed by atoms with Crippen LogP contribution in [0.4, 0.5) is 4.79 Å². The van der Waals surface area contributed by atoms with Gasteiger partial charge < -0.3 is 9.80 Å². The third-order valence-electron chi connectivity index (χ3n) is 6.28. The van der Waals surface area contributed by atoms with Gasteiger partial charge in [-0.2, -0.15) is 0 Å². The number of carbonyl (C=O) groups is 2. The molecule has 9 nitrogen and oxygen atoms in total. The lowest BCUT2D eigenvalue weighted by atomic mass is 9.91. The van der Waals surface area contributed by atoms with Gasteiger partial charge in [0.15, 0.2) is 14.6 Å². The summed E-state index contributed by atoms with van der Waals surface area (Å²) in [6.45, 7) is 4.61. The number of carbonyl (C=O) groups excluding carboxylic acids is 2. The van der Waals surface area contributed by atoms with Crippen molar-refractivity contribution in [1.82, 2.24) is 19.8 Å². The Balaban J connectivity index is 1.63. The summed E-state index contributed by atoms with van der Waals surface area (Å²) in [5, 5.41) is 8.90. The molecule has 2 aliphatic heterocycles. The second-order valence-electron chi connectivity index (χ2n) is 8.29. The highest BCUT2D eigenvalue weighted by Crippen LogP contribution is 2.25. The lowest BCUT2D eigenvalue weighted by Gasteiger charge is -2.40. The Morgan fingerprint density at radius 1 is 1.39 bits per heavy atom. The smallest absolute Gasteiger partial charge is 0.318 e. The quantitative estimate of drug-likeness (QED) is 0.382. The SMILES string of the molecule is C[C@@H]1[C@H](C#CC#Cc2cc3n(c2)C(=O)N(CCC(C)(C(=O)NO)S(C)(=O)=O)C3)CN1C. The number of nitrogens with zero attached hydrogens (tertiary/aromatic N) is 3. The summed E-state index contributed by atoms with van der Waals surface area (Å²) < 4.78 is 23.8. The number of fused-ring (bicyclic) bond motifs is 1. The van der Waals surface area contributed by atoms with Gasteiger partial charge in [0, 0.05) is 48.8 Å². The first-order valence-corrected chi connectivity index (χ1v) is 11.7. The Morgan fingerprint density at radius 3 is 2.65 bits per heavy atom. The Kier molecular flexibility index (Phi) is 6.19. The van der Waals surface area contributed by atoms with Gasteiger partial charge in [-0.1, -0.05) is 11.8 Å². The summed E-state index contributed by atoms with van der Waals surface area (Å²) in [4.78, 5) is 28.3. The molecule has 3 heterocycles. The zero-order chi connectivity index (χ0) is 23.0. The van der Waals surface area contributed by atoms with Crippen LogP contribution in [-0.4, -0.2) is 77.1 Å². The standard InChI is InChI=1S/C21H26N4O5S/c1-15-17(13-23(15)3)8-6-5-7-16-11-18-14-24(20(27)25(18)12-16)10-9-21(2,19(26)22-28)31(4,29)30/h11-12,15,17,28H,9-10,13-14H2,1-4H3,(H,22,26)/t15-,17-,21?/m1/s1. The molecule has 2 amide bonds. The average Bonchev–Trinajstić information content (AvgIpc) is 3.25. The number of hydrogen-bond donors (Lipinski definition) is 2. The second kappa shape index (κ2) is 8.39. The molecular formula is C21H26N4O5S.